The zero-order valence-electron chi connectivity index (χ0n) is 15.2. The molecule has 27 heavy (non-hydrogen) atoms. The molecule has 0 bridgehead atoms. The Morgan fingerprint density at radius 2 is 2.07 bits per heavy atom. The standard InChI is InChI=1S/C19H21N5O2S/c1-13-21-22-18(27-13)23-8-6-19(7-9-23)10-14(26-17(19)25)11-24-12-20-15-4-2-3-5-16(15)24/h2-5,12,14H,6-11H2,1H3. The van der Waals surface area contributed by atoms with Crippen molar-refractivity contribution in [2.45, 2.75) is 38.8 Å². The molecule has 0 amide bonds. The molecule has 1 atom stereocenters. The molecule has 2 saturated heterocycles. The van der Waals surface area contributed by atoms with Crippen molar-refractivity contribution in [2.24, 2.45) is 5.41 Å². The largest absolute Gasteiger partial charge is 0.460 e. The number of aryl methyl sites for hydroxylation is 1. The lowest BCUT2D eigenvalue weighted by atomic mass is 9.76. The van der Waals surface area contributed by atoms with E-state index in [0.717, 1.165) is 53.5 Å². The van der Waals surface area contributed by atoms with Gasteiger partial charge in [-0.25, -0.2) is 4.98 Å². The quantitative estimate of drug-likeness (QED) is 0.648. The van der Waals surface area contributed by atoms with E-state index < -0.39 is 0 Å². The molecule has 0 radical (unpaired) electrons. The predicted molar refractivity (Wildman–Crippen MR) is 103 cm³/mol. The fraction of sp³-hybridized carbons (Fsp3) is 0.474. The third-order valence-corrected chi connectivity index (χ3v) is 6.66. The first-order chi connectivity index (χ1) is 13.1. The van der Waals surface area contributed by atoms with Crippen LogP contribution < -0.4 is 4.90 Å². The molecule has 2 aliphatic heterocycles. The van der Waals surface area contributed by atoms with E-state index >= 15 is 0 Å². The van der Waals surface area contributed by atoms with E-state index in [1.54, 1.807) is 11.3 Å². The number of fused-ring (bicyclic) bond motifs is 1. The van der Waals surface area contributed by atoms with E-state index in [1.807, 2.05) is 31.5 Å². The molecule has 0 N–H and O–H groups in total. The minimum Gasteiger partial charge on any atom is -0.460 e. The first-order valence-corrected chi connectivity index (χ1v) is 10.1. The average Bonchev–Trinajstić information content (AvgIpc) is 3.36. The van der Waals surface area contributed by atoms with Crippen molar-refractivity contribution in [3.05, 3.63) is 35.6 Å². The number of benzene rings is 1. The number of carbonyl (C=O) groups excluding carboxylic acids is 1. The molecule has 2 aromatic heterocycles. The summed E-state index contributed by atoms with van der Waals surface area (Å²) in [5, 5.41) is 10.3. The van der Waals surface area contributed by atoms with E-state index in [1.165, 1.54) is 0 Å². The lowest BCUT2D eigenvalue weighted by Crippen LogP contribution is -2.42. The van der Waals surface area contributed by atoms with Gasteiger partial charge >= 0.3 is 5.97 Å². The van der Waals surface area contributed by atoms with Crippen LogP contribution in [0.25, 0.3) is 11.0 Å². The lowest BCUT2D eigenvalue weighted by Gasteiger charge is -2.36. The van der Waals surface area contributed by atoms with Crippen molar-refractivity contribution >= 4 is 33.5 Å². The van der Waals surface area contributed by atoms with Gasteiger partial charge in [-0.2, -0.15) is 0 Å². The van der Waals surface area contributed by atoms with Gasteiger partial charge in [0.05, 0.1) is 29.3 Å². The predicted octanol–water partition coefficient (Wildman–Crippen LogP) is 2.80. The second kappa shape index (κ2) is 6.30. The van der Waals surface area contributed by atoms with Gasteiger partial charge in [0.25, 0.3) is 0 Å². The van der Waals surface area contributed by atoms with Gasteiger partial charge in [-0.15, -0.1) is 10.2 Å². The summed E-state index contributed by atoms with van der Waals surface area (Å²) < 4.78 is 7.88. The number of aromatic nitrogens is 4. The minimum atomic E-state index is -0.350. The van der Waals surface area contributed by atoms with E-state index in [-0.39, 0.29) is 17.5 Å². The zero-order valence-corrected chi connectivity index (χ0v) is 16.0. The monoisotopic (exact) mass is 383 g/mol. The third kappa shape index (κ3) is 2.88. The first kappa shape index (κ1) is 16.7. The topological polar surface area (TPSA) is 73.1 Å². The minimum absolute atomic E-state index is 0.0370. The van der Waals surface area contributed by atoms with E-state index in [0.29, 0.717) is 6.54 Å². The van der Waals surface area contributed by atoms with Crippen molar-refractivity contribution in [1.29, 1.82) is 0 Å². The van der Waals surface area contributed by atoms with Crippen LogP contribution in [0.4, 0.5) is 5.13 Å². The molecule has 4 heterocycles. The van der Waals surface area contributed by atoms with Crippen LogP contribution in [0.1, 0.15) is 24.3 Å². The van der Waals surface area contributed by atoms with Gasteiger partial charge in [0.2, 0.25) is 5.13 Å². The molecule has 3 aromatic rings. The summed E-state index contributed by atoms with van der Waals surface area (Å²) in [5.41, 5.74) is 1.70. The van der Waals surface area contributed by atoms with Crippen molar-refractivity contribution < 1.29 is 9.53 Å². The molecule has 2 aliphatic rings. The molecular formula is C19H21N5O2S. The smallest absolute Gasteiger partial charge is 0.312 e. The Kier molecular flexibility index (Phi) is 3.89. The SMILES string of the molecule is Cc1nnc(N2CCC3(CC2)CC(Cn2cnc4ccccc42)OC3=O)s1. The highest BCUT2D eigenvalue weighted by atomic mass is 32.1. The van der Waals surface area contributed by atoms with Gasteiger partial charge in [-0.1, -0.05) is 23.5 Å². The first-order valence-electron chi connectivity index (χ1n) is 9.29. The van der Waals surface area contributed by atoms with Crippen LogP contribution in [0.3, 0.4) is 0 Å². The Hall–Kier alpha value is -2.48. The third-order valence-electron chi connectivity index (χ3n) is 5.76. The number of hydrogen-bond donors (Lipinski definition) is 0. The number of carbonyl (C=O) groups is 1. The summed E-state index contributed by atoms with van der Waals surface area (Å²) in [5.74, 6) is -0.0370. The molecule has 7 nitrogen and oxygen atoms in total. The Morgan fingerprint density at radius 1 is 1.26 bits per heavy atom. The van der Waals surface area contributed by atoms with Gasteiger partial charge in [0, 0.05) is 19.5 Å². The van der Waals surface area contributed by atoms with Gasteiger partial charge in [0.1, 0.15) is 11.1 Å². The van der Waals surface area contributed by atoms with Crippen molar-refractivity contribution in [1.82, 2.24) is 19.7 Å². The van der Waals surface area contributed by atoms with Crippen molar-refractivity contribution in [3.8, 4) is 0 Å². The van der Waals surface area contributed by atoms with Gasteiger partial charge < -0.3 is 14.2 Å². The fourth-order valence-corrected chi connectivity index (χ4v) is 5.00. The second-order valence-corrected chi connectivity index (χ2v) is 8.65. The van der Waals surface area contributed by atoms with Gasteiger partial charge in [-0.05, 0) is 31.9 Å². The Bertz CT molecular complexity index is 989. The number of para-hydroxylation sites is 2. The summed E-state index contributed by atoms with van der Waals surface area (Å²) in [7, 11) is 0. The van der Waals surface area contributed by atoms with Crippen molar-refractivity contribution in [3.63, 3.8) is 0 Å². The van der Waals surface area contributed by atoms with E-state index in [4.69, 9.17) is 4.74 Å². The average molecular weight is 383 g/mol. The summed E-state index contributed by atoms with van der Waals surface area (Å²) in [6.45, 7) is 4.27. The van der Waals surface area contributed by atoms with E-state index in [9.17, 15) is 4.79 Å². The zero-order chi connectivity index (χ0) is 18.4. The van der Waals surface area contributed by atoms with Crippen LogP contribution in [0.5, 0.6) is 0 Å². The Balaban J connectivity index is 1.28. The van der Waals surface area contributed by atoms with E-state index in [2.05, 4.69) is 30.7 Å². The normalized spacial score (nSPS) is 21.9. The summed E-state index contributed by atoms with van der Waals surface area (Å²) >= 11 is 1.61. The maximum atomic E-state index is 12.7. The molecule has 0 saturated carbocycles. The number of imidazole rings is 1. The lowest BCUT2D eigenvalue weighted by molar-refractivity contribution is -0.150. The second-order valence-electron chi connectivity index (χ2n) is 7.49. The maximum Gasteiger partial charge on any atom is 0.312 e. The highest BCUT2D eigenvalue weighted by Crippen LogP contribution is 2.44. The molecule has 0 aliphatic carbocycles. The highest BCUT2D eigenvalue weighted by molar-refractivity contribution is 7.15. The highest BCUT2D eigenvalue weighted by Gasteiger charge is 2.50. The number of nitrogens with zero attached hydrogens (tertiary/aromatic N) is 5. The van der Waals surface area contributed by atoms with Gasteiger partial charge in [-0.3, -0.25) is 4.79 Å². The molecular weight excluding hydrogens is 362 g/mol. The number of anilines is 1. The fourth-order valence-electron chi connectivity index (χ4n) is 4.26. The molecule has 2 fully saturated rings. The van der Waals surface area contributed by atoms with Crippen LogP contribution in [0.2, 0.25) is 0 Å². The summed E-state index contributed by atoms with van der Waals surface area (Å²) in [6, 6.07) is 8.04. The number of cyclic esters (lactones) is 1. The molecule has 5 rings (SSSR count). The number of hydrogen-bond acceptors (Lipinski definition) is 7. The van der Waals surface area contributed by atoms with Crippen LogP contribution in [-0.4, -0.2) is 44.9 Å². The van der Waals surface area contributed by atoms with Gasteiger partial charge in [0.15, 0.2) is 0 Å². The summed E-state index contributed by atoms with van der Waals surface area (Å²) in [6.07, 6.45) is 4.15. The molecule has 1 unspecified atom stereocenters. The number of rotatable bonds is 3. The molecule has 140 valence electrons. The van der Waals surface area contributed by atoms with Crippen LogP contribution in [0, 0.1) is 12.3 Å². The Morgan fingerprint density at radius 3 is 2.85 bits per heavy atom. The van der Waals surface area contributed by atoms with Crippen LogP contribution in [-0.2, 0) is 16.1 Å². The maximum absolute atomic E-state index is 12.7. The van der Waals surface area contributed by atoms with Crippen LogP contribution >= 0.6 is 11.3 Å². The number of esters is 1. The number of ether oxygens (including phenoxy) is 1. The molecule has 8 heteroatoms. The Labute approximate surface area is 161 Å². The van der Waals surface area contributed by atoms with Crippen LogP contribution in [0.15, 0.2) is 30.6 Å². The molecule has 1 spiro atoms. The molecule has 1 aromatic carbocycles. The van der Waals surface area contributed by atoms with Crippen molar-refractivity contribution in [2.75, 3.05) is 18.0 Å². The summed E-state index contributed by atoms with van der Waals surface area (Å²) in [4.78, 5) is 19.4. The number of piperidine rings is 1.